The van der Waals surface area contributed by atoms with Crippen LogP contribution < -0.4 is 10.1 Å². The third-order valence-electron chi connectivity index (χ3n) is 3.31. The van der Waals surface area contributed by atoms with Gasteiger partial charge in [0, 0.05) is 25.5 Å². The molecule has 0 radical (unpaired) electrons. The number of aromatic nitrogens is 3. The fraction of sp³-hybridized carbons (Fsp3) is 0.357. The van der Waals surface area contributed by atoms with Crippen LogP contribution in [0.1, 0.15) is 12.2 Å². The van der Waals surface area contributed by atoms with Gasteiger partial charge in [-0.1, -0.05) is 0 Å². The molecule has 2 aromatic rings. The first-order valence-corrected chi connectivity index (χ1v) is 6.74. The lowest BCUT2D eigenvalue weighted by atomic mass is 9.97. The first kappa shape index (κ1) is 17.7. The van der Waals surface area contributed by atoms with Gasteiger partial charge >= 0.3 is 6.18 Å². The van der Waals surface area contributed by atoms with Crippen molar-refractivity contribution in [2.24, 2.45) is 7.05 Å². The molecule has 24 heavy (non-hydrogen) atoms. The van der Waals surface area contributed by atoms with Gasteiger partial charge in [-0.05, 0) is 6.07 Å². The number of aliphatic hydroxyl groups is 1. The van der Waals surface area contributed by atoms with Crippen molar-refractivity contribution in [2.75, 3.05) is 12.4 Å². The second-order valence-corrected chi connectivity index (χ2v) is 5.03. The van der Waals surface area contributed by atoms with Gasteiger partial charge in [-0.3, -0.25) is 4.79 Å². The Balaban J connectivity index is 2.20. The van der Waals surface area contributed by atoms with Crippen LogP contribution in [-0.2, 0) is 17.4 Å². The van der Waals surface area contributed by atoms with E-state index >= 15 is 0 Å². The zero-order chi connectivity index (χ0) is 18.0. The molecular weight excluding hydrogens is 329 g/mol. The number of hydrogen-bond acceptors (Lipinski definition) is 5. The third-order valence-corrected chi connectivity index (χ3v) is 3.31. The van der Waals surface area contributed by atoms with Crippen LogP contribution in [0.25, 0.3) is 0 Å². The molecule has 2 aromatic heterocycles. The van der Waals surface area contributed by atoms with E-state index in [1.54, 1.807) is 0 Å². The van der Waals surface area contributed by atoms with Crippen LogP contribution in [0.3, 0.4) is 0 Å². The minimum Gasteiger partial charge on any atom is -0.481 e. The number of carbonyl (C=O) groups excluding carboxylic acids is 1. The van der Waals surface area contributed by atoms with E-state index in [0.717, 1.165) is 10.8 Å². The van der Waals surface area contributed by atoms with E-state index in [1.807, 2.05) is 0 Å². The fourth-order valence-electron chi connectivity index (χ4n) is 2.08. The average Bonchev–Trinajstić information content (AvgIpc) is 2.93. The zero-order valence-corrected chi connectivity index (χ0v) is 12.8. The van der Waals surface area contributed by atoms with Crippen molar-refractivity contribution in [1.82, 2.24) is 14.5 Å². The maximum Gasteiger partial charge on any atom is 0.425 e. The van der Waals surface area contributed by atoms with Gasteiger partial charge in [-0.15, -0.1) is 0 Å². The Bertz CT molecular complexity index is 715. The smallest absolute Gasteiger partial charge is 0.425 e. The minimum atomic E-state index is -5.08. The first-order chi connectivity index (χ1) is 11.2. The summed E-state index contributed by atoms with van der Waals surface area (Å²) >= 11 is 0. The van der Waals surface area contributed by atoms with Crippen molar-refractivity contribution in [2.45, 2.75) is 18.2 Å². The molecule has 0 saturated carbocycles. The van der Waals surface area contributed by atoms with Gasteiger partial charge in [0.1, 0.15) is 0 Å². The van der Waals surface area contributed by atoms with Gasteiger partial charge in [0.25, 0.3) is 0 Å². The van der Waals surface area contributed by atoms with Gasteiger partial charge < -0.3 is 19.7 Å². The molecule has 1 atom stereocenters. The van der Waals surface area contributed by atoms with Crippen LogP contribution in [0.4, 0.5) is 18.9 Å². The van der Waals surface area contributed by atoms with E-state index in [-0.39, 0.29) is 11.6 Å². The fourth-order valence-corrected chi connectivity index (χ4v) is 2.08. The molecule has 2 rings (SSSR count). The van der Waals surface area contributed by atoms with E-state index in [2.05, 4.69) is 15.3 Å². The molecule has 130 valence electrons. The Morgan fingerprint density at radius 3 is 2.54 bits per heavy atom. The molecule has 0 aliphatic rings. The number of aryl methyl sites for hydroxylation is 1. The van der Waals surface area contributed by atoms with Crippen molar-refractivity contribution >= 4 is 11.6 Å². The largest absolute Gasteiger partial charge is 0.481 e. The average molecular weight is 344 g/mol. The summed E-state index contributed by atoms with van der Waals surface area (Å²) in [4.78, 5) is 19.3. The lowest BCUT2D eigenvalue weighted by molar-refractivity contribution is -0.270. The van der Waals surface area contributed by atoms with Crippen molar-refractivity contribution in [1.29, 1.82) is 0 Å². The summed E-state index contributed by atoms with van der Waals surface area (Å²) in [6, 6.07) is 2.85. The molecule has 0 aromatic carbocycles. The number of hydrogen-bond donors (Lipinski definition) is 2. The number of nitrogens with zero attached hydrogens (tertiary/aromatic N) is 3. The van der Waals surface area contributed by atoms with Crippen LogP contribution in [0, 0.1) is 0 Å². The maximum absolute atomic E-state index is 13.3. The van der Waals surface area contributed by atoms with E-state index in [1.165, 1.54) is 38.7 Å². The number of ether oxygens (including phenoxy) is 1. The van der Waals surface area contributed by atoms with Crippen LogP contribution in [-0.4, -0.2) is 38.8 Å². The Morgan fingerprint density at radius 2 is 2.08 bits per heavy atom. The number of methoxy groups -OCH3 is 1. The summed E-state index contributed by atoms with van der Waals surface area (Å²) in [7, 11) is 2.70. The Kier molecular flexibility index (Phi) is 4.78. The van der Waals surface area contributed by atoms with Crippen LogP contribution >= 0.6 is 0 Å². The molecule has 0 aliphatic heterocycles. The van der Waals surface area contributed by atoms with E-state index in [0.29, 0.717) is 0 Å². The predicted molar refractivity (Wildman–Crippen MR) is 77.2 cm³/mol. The quantitative estimate of drug-likeness (QED) is 0.860. The summed E-state index contributed by atoms with van der Waals surface area (Å²) in [5, 5.41) is 12.4. The molecular formula is C14H15F3N4O3. The second-order valence-electron chi connectivity index (χ2n) is 5.03. The standard InChI is InChI=1S/C14H15F3N4O3/c1-21-6-5-18-12(21)13(23,14(15,16)17)7-10(22)20-9-3-4-11(24-2)19-8-9/h3-6,8,23H,7H2,1-2H3,(H,20,22). The normalized spacial score (nSPS) is 14.1. The van der Waals surface area contributed by atoms with Gasteiger partial charge in [-0.2, -0.15) is 13.2 Å². The molecule has 0 saturated heterocycles. The number of halogens is 3. The zero-order valence-electron chi connectivity index (χ0n) is 12.8. The van der Waals surface area contributed by atoms with E-state index in [9.17, 15) is 23.1 Å². The summed E-state index contributed by atoms with van der Waals surface area (Å²) < 4.78 is 45.8. The van der Waals surface area contributed by atoms with Gasteiger partial charge in [-0.25, -0.2) is 9.97 Å². The number of anilines is 1. The molecule has 0 aliphatic carbocycles. The molecule has 10 heteroatoms. The molecule has 2 heterocycles. The molecule has 0 spiro atoms. The molecule has 0 bridgehead atoms. The van der Waals surface area contributed by atoms with Crippen molar-refractivity contribution in [3.05, 3.63) is 36.5 Å². The predicted octanol–water partition coefficient (Wildman–Crippen LogP) is 1.60. The first-order valence-electron chi connectivity index (χ1n) is 6.74. The van der Waals surface area contributed by atoms with E-state index < -0.39 is 29.9 Å². The van der Waals surface area contributed by atoms with E-state index in [4.69, 9.17) is 4.74 Å². The number of pyridine rings is 1. The Morgan fingerprint density at radius 1 is 1.38 bits per heavy atom. The van der Waals surface area contributed by atoms with Crippen LogP contribution in [0.5, 0.6) is 5.88 Å². The molecule has 2 N–H and O–H groups in total. The lowest BCUT2D eigenvalue weighted by Gasteiger charge is -2.29. The van der Waals surface area contributed by atoms with Crippen molar-refractivity contribution < 1.29 is 27.8 Å². The summed E-state index contributed by atoms with van der Waals surface area (Å²) in [6.07, 6.45) is -2.74. The lowest BCUT2D eigenvalue weighted by Crippen LogP contribution is -2.46. The third kappa shape index (κ3) is 3.48. The molecule has 1 unspecified atom stereocenters. The van der Waals surface area contributed by atoms with Gasteiger partial charge in [0.2, 0.25) is 17.4 Å². The maximum atomic E-state index is 13.3. The Hall–Kier alpha value is -2.62. The van der Waals surface area contributed by atoms with Gasteiger partial charge in [0.15, 0.2) is 5.82 Å². The summed E-state index contributed by atoms with van der Waals surface area (Å²) in [6.45, 7) is 0. The Labute approximate surface area is 135 Å². The van der Waals surface area contributed by atoms with Crippen molar-refractivity contribution in [3.63, 3.8) is 0 Å². The SMILES string of the molecule is COc1ccc(NC(=O)CC(O)(c2nccn2C)C(F)(F)F)cn1. The number of alkyl halides is 3. The number of rotatable bonds is 5. The highest BCUT2D eigenvalue weighted by Gasteiger charge is 2.58. The summed E-state index contributed by atoms with van der Waals surface area (Å²) in [5.41, 5.74) is -3.24. The number of imidazole rings is 1. The highest BCUT2D eigenvalue weighted by molar-refractivity contribution is 5.91. The molecule has 7 nitrogen and oxygen atoms in total. The number of amides is 1. The van der Waals surface area contributed by atoms with Crippen LogP contribution in [0.15, 0.2) is 30.7 Å². The highest BCUT2D eigenvalue weighted by atomic mass is 19.4. The van der Waals surface area contributed by atoms with Crippen LogP contribution in [0.2, 0.25) is 0 Å². The van der Waals surface area contributed by atoms with Crippen molar-refractivity contribution in [3.8, 4) is 5.88 Å². The topological polar surface area (TPSA) is 89.3 Å². The number of carbonyl (C=O) groups is 1. The van der Waals surface area contributed by atoms with Gasteiger partial charge in [0.05, 0.1) is 25.4 Å². The number of nitrogens with one attached hydrogen (secondary N) is 1. The monoisotopic (exact) mass is 344 g/mol. The molecule has 0 fully saturated rings. The highest BCUT2D eigenvalue weighted by Crippen LogP contribution is 2.40. The summed E-state index contributed by atoms with van der Waals surface area (Å²) in [5.74, 6) is -1.42. The molecule has 1 amide bonds. The second kappa shape index (κ2) is 6.48. The minimum absolute atomic E-state index is 0.171.